The predicted molar refractivity (Wildman–Crippen MR) is 98.4 cm³/mol. The first-order valence-electron chi connectivity index (χ1n) is 8.26. The molecule has 0 aromatic carbocycles. The molecule has 132 valence electrons. The highest BCUT2D eigenvalue weighted by molar-refractivity contribution is 5.97. The van der Waals surface area contributed by atoms with Gasteiger partial charge in [0.1, 0.15) is 17.5 Å². The fraction of sp³-hybridized carbons (Fsp3) is 0.263. The zero-order chi connectivity index (χ0) is 18.7. The number of nitriles is 1. The average molecular weight is 349 g/mol. The topological polar surface area (TPSA) is 102 Å². The van der Waals surface area contributed by atoms with Crippen LogP contribution in [0.5, 0.6) is 0 Å². The molecule has 26 heavy (non-hydrogen) atoms. The maximum atomic E-state index is 12.2. The Kier molecular flexibility index (Phi) is 4.85. The number of carbonyl (C=O) groups is 1. The number of carbonyl (C=O) groups excluding carboxylic acids is 1. The van der Waals surface area contributed by atoms with Gasteiger partial charge in [-0.3, -0.25) is 9.59 Å². The third kappa shape index (κ3) is 3.49. The summed E-state index contributed by atoms with van der Waals surface area (Å²) >= 11 is 0. The maximum absolute atomic E-state index is 12.2. The summed E-state index contributed by atoms with van der Waals surface area (Å²) in [5.74, 6) is 0.621. The van der Waals surface area contributed by atoms with Crippen LogP contribution in [0.3, 0.4) is 0 Å². The maximum Gasteiger partial charge on any atom is 0.263 e. The van der Waals surface area contributed by atoms with Crippen LogP contribution in [0.15, 0.2) is 47.5 Å². The third-order valence-electron chi connectivity index (χ3n) is 4.48. The molecule has 0 spiro atoms. The van der Waals surface area contributed by atoms with Gasteiger partial charge in [0.2, 0.25) is 0 Å². The summed E-state index contributed by atoms with van der Waals surface area (Å²) in [4.78, 5) is 32.6. The van der Waals surface area contributed by atoms with Gasteiger partial charge in [-0.25, -0.2) is 4.98 Å². The second-order valence-corrected chi connectivity index (χ2v) is 6.29. The molecule has 1 aliphatic heterocycles. The molecule has 0 unspecified atom stereocenters. The lowest BCUT2D eigenvalue weighted by molar-refractivity contribution is -0.132. The number of hydrogen-bond donors (Lipinski definition) is 2. The largest absolute Gasteiger partial charge is 0.373 e. The number of likely N-dealkylation sites (tertiary alicyclic amines) is 1. The smallest absolute Gasteiger partial charge is 0.263 e. The Morgan fingerprint density at radius 3 is 2.92 bits per heavy atom. The molecule has 0 radical (unpaired) electrons. The summed E-state index contributed by atoms with van der Waals surface area (Å²) in [6, 6.07) is 7.45. The number of aromatic nitrogens is 2. The quantitative estimate of drug-likeness (QED) is 0.630. The molecule has 3 rings (SSSR count). The summed E-state index contributed by atoms with van der Waals surface area (Å²) < 4.78 is 0. The number of nitrogens with one attached hydrogen (secondary N) is 2. The molecule has 0 aliphatic carbocycles. The minimum absolute atomic E-state index is 0.0543. The normalized spacial score (nSPS) is 13.6. The van der Waals surface area contributed by atoms with Crippen molar-refractivity contribution in [3.63, 3.8) is 0 Å². The molecule has 7 nitrogen and oxygen atoms in total. The number of anilines is 1. The fourth-order valence-electron chi connectivity index (χ4n) is 3.01. The molecule has 0 bridgehead atoms. The SMILES string of the molecule is C=C(C#N)C(=O)N1CC(Cc2cc(-c3ccnc(NC)c3)c[nH]c2=O)C1. The Balaban J connectivity index is 1.72. The minimum atomic E-state index is -0.331. The van der Waals surface area contributed by atoms with Crippen molar-refractivity contribution in [1.29, 1.82) is 5.26 Å². The molecular formula is C19H19N5O2. The van der Waals surface area contributed by atoms with E-state index in [9.17, 15) is 9.59 Å². The molecule has 0 atom stereocenters. The van der Waals surface area contributed by atoms with E-state index in [4.69, 9.17) is 5.26 Å². The van der Waals surface area contributed by atoms with E-state index in [1.807, 2.05) is 18.2 Å². The van der Waals surface area contributed by atoms with Crippen LogP contribution in [0.4, 0.5) is 5.82 Å². The number of pyridine rings is 2. The highest BCUT2D eigenvalue weighted by Gasteiger charge is 2.32. The van der Waals surface area contributed by atoms with E-state index in [1.54, 1.807) is 30.4 Å². The molecule has 7 heteroatoms. The Hall–Kier alpha value is -3.40. The molecule has 1 aliphatic rings. The predicted octanol–water partition coefficient (Wildman–Crippen LogP) is 1.56. The van der Waals surface area contributed by atoms with Gasteiger partial charge in [0, 0.05) is 38.1 Å². The second kappa shape index (κ2) is 7.23. The Morgan fingerprint density at radius 2 is 2.23 bits per heavy atom. The van der Waals surface area contributed by atoms with Gasteiger partial charge in [0.05, 0.1) is 0 Å². The summed E-state index contributed by atoms with van der Waals surface area (Å²) in [6.45, 7) is 4.50. The first-order valence-corrected chi connectivity index (χ1v) is 8.26. The van der Waals surface area contributed by atoms with Crippen molar-refractivity contribution < 1.29 is 4.79 Å². The van der Waals surface area contributed by atoms with Gasteiger partial charge in [-0.1, -0.05) is 6.58 Å². The highest BCUT2D eigenvalue weighted by Crippen LogP contribution is 2.24. The first kappa shape index (κ1) is 17.4. The fourth-order valence-corrected chi connectivity index (χ4v) is 3.01. The van der Waals surface area contributed by atoms with Crippen LogP contribution in [0.2, 0.25) is 0 Å². The highest BCUT2D eigenvalue weighted by atomic mass is 16.2. The van der Waals surface area contributed by atoms with Gasteiger partial charge in [-0.2, -0.15) is 5.26 Å². The molecule has 1 saturated heterocycles. The zero-order valence-electron chi connectivity index (χ0n) is 14.5. The zero-order valence-corrected chi connectivity index (χ0v) is 14.5. The number of amides is 1. The number of rotatable bonds is 5. The van der Waals surface area contributed by atoms with Gasteiger partial charge < -0.3 is 15.2 Å². The third-order valence-corrected chi connectivity index (χ3v) is 4.48. The standard InChI is InChI=1S/C19H19N5O2/c1-12(8-20)19(26)24-10-13(11-24)5-15-6-16(9-23-18(15)25)14-3-4-22-17(7-14)21-2/h3-4,6-7,9,13H,1,5,10-11H2,2H3,(H,21,22)(H,23,25). The van der Waals surface area contributed by atoms with Crippen LogP contribution < -0.4 is 10.9 Å². The van der Waals surface area contributed by atoms with E-state index in [0.29, 0.717) is 25.1 Å². The summed E-state index contributed by atoms with van der Waals surface area (Å²) in [7, 11) is 1.80. The van der Waals surface area contributed by atoms with E-state index in [-0.39, 0.29) is 23.0 Å². The van der Waals surface area contributed by atoms with Gasteiger partial charge in [-0.15, -0.1) is 0 Å². The van der Waals surface area contributed by atoms with Crippen molar-refractivity contribution in [2.45, 2.75) is 6.42 Å². The van der Waals surface area contributed by atoms with E-state index in [0.717, 1.165) is 16.9 Å². The van der Waals surface area contributed by atoms with Crippen LogP contribution in [0, 0.1) is 17.2 Å². The van der Waals surface area contributed by atoms with Crippen molar-refractivity contribution in [2.75, 3.05) is 25.5 Å². The molecule has 1 fully saturated rings. The number of H-pyrrole nitrogens is 1. The van der Waals surface area contributed by atoms with Crippen molar-refractivity contribution in [3.05, 3.63) is 58.7 Å². The van der Waals surface area contributed by atoms with Crippen LogP contribution in [0.1, 0.15) is 5.56 Å². The number of aromatic amines is 1. The van der Waals surface area contributed by atoms with Gasteiger partial charge >= 0.3 is 0 Å². The van der Waals surface area contributed by atoms with Crippen LogP contribution in [-0.4, -0.2) is 40.9 Å². The second-order valence-electron chi connectivity index (χ2n) is 6.29. The number of hydrogen-bond acceptors (Lipinski definition) is 5. The minimum Gasteiger partial charge on any atom is -0.373 e. The van der Waals surface area contributed by atoms with Gasteiger partial charge in [-0.05, 0) is 41.7 Å². The van der Waals surface area contributed by atoms with E-state index in [2.05, 4.69) is 21.9 Å². The van der Waals surface area contributed by atoms with E-state index >= 15 is 0 Å². The summed E-state index contributed by atoms with van der Waals surface area (Å²) in [6.07, 6.45) is 3.98. The monoisotopic (exact) mass is 349 g/mol. The first-order chi connectivity index (χ1) is 12.5. The molecule has 3 heterocycles. The number of nitrogens with zero attached hydrogens (tertiary/aromatic N) is 3. The van der Waals surface area contributed by atoms with Crippen molar-refractivity contribution in [1.82, 2.24) is 14.9 Å². The van der Waals surface area contributed by atoms with Crippen molar-refractivity contribution in [3.8, 4) is 17.2 Å². The van der Waals surface area contributed by atoms with E-state index < -0.39 is 0 Å². The average Bonchev–Trinajstić information content (AvgIpc) is 2.64. The molecule has 0 saturated carbocycles. The van der Waals surface area contributed by atoms with Gasteiger partial charge in [0.25, 0.3) is 11.5 Å². The lowest BCUT2D eigenvalue weighted by Crippen LogP contribution is -2.51. The van der Waals surface area contributed by atoms with Crippen LogP contribution >= 0.6 is 0 Å². The van der Waals surface area contributed by atoms with Crippen molar-refractivity contribution in [2.24, 2.45) is 5.92 Å². The molecule has 1 amide bonds. The van der Waals surface area contributed by atoms with Gasteiger partial charge in [0.15, 0.2) is 0 Å². The van der Waals surface area contributed by atoms with E-state index in [1.165, 1.54) is 0 Å². The van der Waals surface area contributed by atoms with Crippen LogP contribution in [0.25, 0.3) is 11.1 Å². The van der Waals surface area contributed by atoms with Crippen molar-refractivity contribution >= 4 is 11.7 Å². The lowest BCUT2D eigenvalue weighted by Gasteiger charge is -2.39. The molecule has 2 aromatic rings. The Bertz CT molecular complexity index is 951. The molecular weight excluding hydrogens is 330 g/mol. The lowest BCUT2D eigenvalue weighted by atomic mass is 9.91. The van der Waals surface area contributed by atoms with Crippen LogP contribution in [-0.2, 0) is 11.2 Å². The Labute approximate surface area is 151 Å². The Morgan fingerprint density at radius 1 is 1.46 bits per heavy atom. The summed E-state index contributed by atoms with van der Waals surface area (Å²) in [5, 5.41) is 11.7. The molecule has 2 N–H and O–H groups in total. The molecule has 2 aromatic heterocycles. The summed E-state index contributed by atoms with van der Waals surface area (Å²) in [5.41, 5.74) is 2.37.